The summed E-state index contributed by atoms with van der Waals surface area (Å²) in [4.78, 5) is 13.1. The zero-order valence-electron chi connectivity index (χ0n) is 11.0. The minimum atomic E-state index is 0.892. The predicted octanol–water partition coefficient (Wildman–Crippen LogP) is 3.25. The molecule has 4 heteroatoms. The van der Waals surface area contributed by atoms with Crippen molar-refractivity contribution in [2.45, 2.75) is 6.92 Å². The second-order valence-electron chi connectivity index (χ2n) is 4.76. The second-order valence-corrected chi connectivity index (χ2v) is 4.76. The quantitative estimate of drug-likeness (QED) is 0.527. The molecule has 0 N–H and O–H groups in total. The third-order valence-electron chi connectivity index (χ3n) is 3.51. The molecule has 96 valence electrons. The maximum Gasteiger partial charge on any atom is 0.158 e. The van der Waals surface area contributed by atoms with Crippen LogP contribution in [0.15, 0.2) is 55.1 Å². The van der Waals surface area contributed by atoms with Gasteiger partial charge >= 0.3 is 0 Å². The number of benzene rings is 1. The molecule has 4 nitrogen and oxygen atoms in total. The lowest BCUT2D eigenvalue weighted by Gasteiger charge is -2.04. The summed E-state index contributed by atoms with van der Waals surface area (Å²) in [6.45, 7) is 1.97. The molecule has 0 aliphatic heterocycles. The highest BCUT2D eigenvalue weighted by molar-refractivity contribution is 5.83. The van der Waals surface area contributed by atoms with E-state index >= 15 is 0 Å². The van der Waals surface area contributed by atoms with Crippen LogP contribution in [0.25, 0.3) is 27.8 Å². The Morgan fingerprint density at radius 3 is 2.90 bits per heavy atom. The van der Waals surface area contributed by atoms with Gasteiger partial charge in [0.1, 0.15) is 0 Å². The van der Waals surface area contributed by atoms with E-state index in [1.54, 1.807) is 6.20 Å². The number of aryl methyl sites for hydroxylation is 1. The van der Waals surface area contributed by atoms with Crippen molar-refractivity contribution in [1.82, 2.24) is 19.4 Å². The topological polar surface area (TPSA) is 43.1 Å². The fourth-order valence-corrected chi connectivity index (χ4v) is 2.49. The fraction of sp³-hybridized carbons (Fsp3) is 0.0625. The van der Waals surface area contributed by atoms with E-state index in [4.69, 9.17) is 0 Å². The number of fused-ring (bicyclic) bond motifs is 2. The van der Waals surface area contributed by atoms with E-state index in [9.17, 15) is 0 Å². The standard InChI is InChI=1S/C16H12N4/c1-11-16-19-10-15(20(16)8-7-17-11)13-5-4-12-3-2-6-18-14(12)9-13/h2-10H,1H3. The first-order valence-corrected chi connectivity index (χ1v) is 6.47. The minimum absolute atomic E-state index is 0.892. The van der Waals surface area contributed by atoms with Gasteiger partial charge in [-0.2, -0.15) is 0 Å². The highest BCUT2D eigenvalue weighted by atomic mass is 15.0. The Labute approximate surface area is 115 Å². The number of nitrogens with zero attached hydrogens (tertiary/aromatic N) is 4. The van der Waals surface area contributed by atoms with Crippen LogP contribution in [0.2, 0.25) is 0 Å². The lowest BCUT2D eigenvalue weighted by molar-refractivity contribution is 1.08. The first-order chi connectivity index (χ1) is 9.83. The molecule has 0 spiro atoms. The van der Waals surface area contributed by atoms with Crippen LogP contribution in [-0.2, 0) is 0 Å². The molecular weight excluding hydrogens is 248 g/mol. The average molecular weight is 260 g/mol. The molecule has 4 aromatic rings. The van der Waals surface area contributed by atoms with Crippen molar-refractivity contribution in [2.75, 3.05) is 0 Å². The molecule has 0 bridgehead atoms. The second kappa shape index (κ2) is 4.13. The summed E-state index contributed by atoms with van der Waals surface area (Å²) in [6, 6.07) is 10.3. The third-order valence-corrected chi connectivity index (χ3v) is 3.51. The fourth-order valence-electron chi connectivity index (χ4n) is 2.49. The van der Waals surface area contributed by atoms with Gasteiger partial charge in [0, 0.05) is 29.5 Å². The first-order valence-electron chi connectivity index (χ1n) is 6.47. The van der Waals surface area contributed by atoms with Crippen molar-refractivity contribution in [2.24, 2.45) is 0 Å². The van der Waals surface area contributed by atoms with E-state index < -0.39 is 0 Å². The zero-order valence-corrected chi connectivity index (χ0v) is 11.0. The molecule has 0 atom stereocenters. The summed E-state index contributed by atoms with van der Waals surface area (Å²) >= 11 is 0. The molecular formula is C16H12N4. The van der Waals surface area contributed by atoms with E-state index in [0.717, 1.165) is 33.5 Å². The van der Waals surface area contributed by atoms with E-state index in [1.807, 2.05) is 31.6 Å². The van der Waals surface area contributed by atoms with Crippen LogP contribution in [0.5, 0.6) is 0 Å². The first kappa shape index (κ1) is 11.1. The van der Waals surface area contributed by atoms with E-state index in [1.165, 1.54) is 0 Å². The Kier molecular flexibility index (Phi) is 2.29. The predicted molar refractivity (Wildman–Crippen MR) is 78.5 cm³/mol. The molecule has 20 heavy (non-hydrogen) atoms. The van der Waals surface area contributed by atoms with Gasteiger partial charge in [0.25, 0.3) is 0 Å². The van der Waals surface area contributed by atoms with Crippen LogP contribution < -0.4 is 0 Å². The molecule has 0 aliphatic carbocycles. The molecule has 0 saturated carbocycles. The molecule has 4 rings (SSSR count). The van der Waals surface area contributed by atoms with Crippen LogP contribution >= 0.6 is 0 Å². The summed E-state index contributed by atoms with van der Waals surface area (Å²) in [5.41, 5.74) is 4.97. The monoisotopic (exact) mass is 260 g/mol. The summed E-state index contributed by atoms with van der Waals surface area (Å²) in [5.74, 6) is 0. The van der Waals surface area contributed by atoms with Gasteiger partial charge in [0.2, 0.25) is 0 Å². The van der Waals surface area contributed by atoms with Gasteiger partial charge in [-0.25, -0.2) is 4.98 Å². The summed E-state index contributed by atoms with van der Waals surface area (Å²) in [5, 5.41) is 1.14. The number of rotatable bonds is 1. The molecule has 0 saturated heterocycles. The molecule has 0 amide bonds. The number of hydrogen-bond acceptors (Lipinski definition) is 3. The Balaban J connectivity index is 1.99. The average Bonchev–Trinajstić information content (AvgIpc) is 2.92. The van der Waals surface area contributed by atoms with E-state index in [2.05, 4.69) is 43.6 Å². The maximum atomic E-state index is 4.45. The molecule has 3 heterocycles. The largest absolute Gasteiger partial charge is 0.297 e. The Morgan fingerprint density at radius 2 is 1.95 bits per heavy atom. The van der Waals surface area contributed by atoms with E-state index in [-0.39, 0.29) is 0 Å². The highest BCUT2D eigenvalue weighted by Gasteiger charge is 2.08. The number of hydrogen-bond donors (Lipinski definition) is 0. The SMILES string of the molecule is Cc1nccn2c(-c3ccc4cccnc4c3)cnc12. The minimum Gasteiger partial charge on any atom is -0.297 e. The maximum absolute atomic E-state index is 4.45. The normalized spacial score (nSPS) is 11.2. The van der Waals surface area contributed by atoms with Gasteiger partial charge in [-0.15, -0.1) is 0 Å². The summed E-state index contributed by atoms with van der Waals surface area (Å²) in [7, 11) is 0. The van der Waals surface area contributed by atoms with Crippen LogP contribution in [0.3, 0.4) is 0 Å². The van der Waals surface area contributed by atoms with Crippen molar-refractivity contribution in [1.29, 1.82) is 0 Å². The molecule has 0 fully saturated rings. The Hall–Kier alpha value is -2.75. The van der Waals surface area contributed by atoms with Crippen molar-refractivity contribution >= 4 is 16.6 Å². The molecule has 3 aromatic heterocycles. The van der Waals surface area contributed by atoms with Crippen LogP contribution in [0.4, 0.5) is 0 Å². The van der Waals surface area contributed by atoms with Crippen LogP contribution in [0.1, 0.15) is 5.69 Å². The molecule has 0 radical (unpaired) electrons. The van der Waals surface area contributed by atoms with Gasteiger partial charge in [-0.3, -0.25) is 14.4 Å². The van der Waals surface area contributed by atoms with Gasteiger partial charge in [-0.05, 0) is 19.1 Å². The lowest BCUT2D eigenvalue weighted by Crippen LogP contribution is -1.92. The van der Waals surface area contributed by atoms with Gasteiger partial charge in [0.05, 0.1) is 23.1 Å². The molecule has 1 aromatic carbocycles. The summed E-state index contributed by atoms with van der Waals surface area (Å²) < 4.78 is 2.06. The number of aromatic nitrogens is 4. The van der Waals surface area contributed by atoms with Gasteiger partial charge < -0.3 is 0 Å². The van der Waals surface area contributed by atoms with Crippen LogP contribution in [-0.4, -0.2) is 19.4 Å². The Bertz CT molecular complexity index is 924. The van der Waals surface area contributed by atoms with Crippen molar-refractivity contribution < 1.29 is 0 Å². The van der Waals surface area contributed by atoms with Crippen molar-refractivity contribution in [3.8, 4) is 11.3 Å². The lowest BCUT2D eigenvalue weighted by atomic mass is 10.1. The van der Waals surface area contributed by atoms with E-state index in [0.29, 0.717) is 0 Å². The number of pyridine rings is 1. The zero-order chi connectivity index (χ0) is 13.5. The molecule has 0 unspecified atom stereocenters. The van der Waals surface area contributed by atoms with Crippen molar-refractivity contribution in [3.05, 3.63) is 60.8 Å². The summed E-state index contributed by atoms with van der Waals surface area (Å²) in [6.07, 6.45) is 7.43. The van der Waals surface area contributed by atoms with Crippen LogP contribution in [0, 0.1) is 6.92 Å². The van der Waals surface area contributed by atoms with Gasteiger partial charge in [-0.1, -0.05) is 18.2 Å². The van der Waals surface area contributed by atoms with Crippen molar-refractivity contribution in [3.63, 3.8) is 0 Å². The molecule has 0 aliphatic rings. The smallest absolute Gasteiger partial charge is 0.158 e. The number of imidazole rings is 1. The third kappa shape index (κ3) is 1.58. The van der Waals surface area contributed by atoms with Gasteiger partial charge in [0.15, 0.2) is 5.65 Å². The highest BCUT2D eigenvalue weighted by Crippen LogP contribution is 2.24. The Morgan fingerprint density at radius 1 is 1.00 bits per heavy atom.